The number of H-pyrrole nitrogens is 1. The van der Waals surface area contributed by atoms with E-state index >= 15 is 0 Å². The van der Waals surface area contributed by atoms with E-state index in [2.05, 4.69) is 10.3 Å². The summed E-state index contributed by atoms with van der Waals surface area (Å²) in [6, 6.07) is 6.88. The molecule has 0 aliphatic carbocycles. The van der Waals surface area contributed by atoms with Crippen molar-refractivity contribution >= 4 is 16.8 Å². The SMILES string of the molecule is CC(O)C(N)CNC(=O)c1ccc2[nH]ccc2c1. The van der Waals surface area contributed by atoms with Crippen LogP contribution in [0.5, 0.6) is 0 Å². The van der Waals surface area contributed by atoms with Gasteiger partial charge >= 0.3 is 0 Å². The Balaban J connectivity index is 2.04. The van der Waals surface area contributed by atoms with Crippen LogP contribution in [-0.4, -0.2) is 34.7 Å². The van der Waals surface area contributed by atoms with Gasteiger partial charge in [-0.3, -0.25) is 4.79 Å². The molecule has 5 N–H and O–H groups in total. The van der Waals surface area contributed by atoms with Crippen LogP contribution in [0.2, 0.25) is 0 Å². The van der Waals surface area contributed by atoms with E-state index in [9.17, 15) is 9.90 Å². The highest BCUT2D eigenvalue weighted by Gasteiger charge is 2.12. The standard InChI is InChI=1S/C13H17N3O2/c1-8(17)11(14)7-16-13(18)10-2-3-12-9(6-10)4-5-15-12/h2-6,8,11,15,17H,7,14H2,1H3,(H,16,18). The number of fused-ring (bicyclic) bond motifs is 1. The molecule has 96 valence electrons. The second-order valence-electron chi connectivity index (χ2n) is 4.39. The number of benzene rings is 1. The third-order valence-electron chi connectivity index (χ3n) is 2.93. The van der Waals surface area contributed by atoms with Crippen molar-refractivity contribution in [1.29, 1.82) is 0 Å². The Labute approximate surface area is 105 Å². The molecule has 2 unspecified atom stereocenters. The van der Waals surface area contributed by atoms with E-state index in [1.54, 1.807) is 13.0 Å². The topological polar surface area (TPSA) is 91.1 Å². The highest BCUT2D eigenvalue weighted by Crippen LogP contribution is 2.14. The zero-order valence-electron chi connectivity index (χ0n) is 10.2. The Morgan fingerprint density at radius 1 is 1.50 bits per heavy atom. The number of aliphatic hydroxyl groups is 1. The van der Waals surface area contributed by atoms with Crippen molar-refractivity contribution < 1.29 is 9.90 Å². The van der Waals surface area contributed by atoms with Crippen molar-refractivity contribution in [2.24, 2.45) is 5.73 Å². The van der Waals surface area contributed by atoms with Crippen LogP contribution in [0.4, 0.5) is 0 Å². The molecule has 0 fully saturated rings. The second kappa shape index (κ2) is 5.20. The van der Waals surface area contributed by atoms with Crippen LogP contribution in [0, 0.1) is 0 Å². The Hall–Kier alpha value is -1.85. The Kier molecular flexibility index (Phi) is 3.64. The van der Waals surface area contributed by atoms with Crippen molar-refractivity contribution in [3.63, 3.8) is 0 Å². The van der Waals surface area contributed by atoms with Crippen LogP contribution in [0.1, 0.15) is 17.3 Å². The molecule has 1 heterocycles. The van der Waals surface area contributed by atoms with Gasteiger partial charge < -0.3 is 21.1 Å². The molecular weight excluding hydrogens is 230 g/mol. The summed E-state index contributed by atoms with van der Waals surface area (Å²) in [5.41, 5.74) is 7.22. The van der Waals surface area contributed by atoms with Gasteiger partial charge in [-0.2, -0.15) is 0 Å². The average molecular weight is 247 g/mol. The highest BCUT2D eigenvalue weighted by atomic mass is 16.3. The summed E-state index contributed by atoms with van der Waals surface area (Å²) in [5, 5.41) is 12.9. The number of rotatable bonds is 4. The molecule has 0 radical (unpaired) electrons. The largest absolute Gasteiger partial charge is 0.392 e. The highest BCUT2D eigenvalue weighted by molar-refractivity contribution is 5.98. The van der Waals surface area contributed by atoms with Crippen LogP contribution in [0.25, 0.3) is 10.9 Å². The smallest absolute Gasteiger partial charge is 0.251 e. The van der Waals surface area contributed by atoms with E-state index in [4.69, 9.17) is 5.73 Å². The maximum atomic E-state index is 11.9. The van der Waals surface area contributed by atoms with Crippen molar-refractivity contribution in [2.45, 2.75) is 19.1 Å². The Morgan fingerprint density at radius 2 is 2.28 bits per heavy atom. The fourth-order valence-electron chi connectivity index (χ4n) is 1.68. The van der Waals surface area contributed by atoms with E-state index in [-0.39, 0.29) is 12.5 Å². The number of nitrogens with one attached hydrogen (secondary N) is 2. The number of carbonyl (C=O) groups excluding carboxylic acids is 1. The first kappa shape index (κ1) is 12.6. The van der Waals surface area contributed by atoms with E-state index in [1.165, 1.54) is 0 Å². The molecule has 0 bridgehead atoms. The third-order valence-corrected chi connectivity index (χ3v) is 2.93. The van der Waals surface area contributed by atoms with Crippen molar-refractivity contribution in [3.05, 3.63) is 36.0 Å². The summed E-state index contributed by atoms with van der Waals surface area (Å²) in [6.45, 7) is 1.85. The molecule has 2 aromatic rings. The van der Waals surface area contributed by atoms with Gasteiger partial charge in [0.25, 0.3) is 5.91 Å². The molecule has 5 nitrogen and oxygen atoms in total. The van der Waals surface area contributed by atoms with Gasteiger partial charge in [0.15, 0.2) is 0 Å². The van der Waals surface area contributed by atoms with Crippen LogP contribution >= 0.6 is 0 Å². The first-order valence-corrected chi connectivity index (χ1v) is 5.87. The van der Waals surface area contributed by atoms with Crippen LogP contribution in [0.3, 0.4) is 0 Å². The molecule has 0 saturated carbocycles. The number of amides is 1. The predicted octanol–water partition coefficient (Wildman–Crippen LogP) is 0.606. The van der Waals surface area contributed by atoms with Gasteiger partial charge in [0.2, 0.25) is 0 Å². The van der Waals surface area contributed by atoms with Gasteiger partial charge in [-0.1, -0.05) is 0 Å². The van der Waals surface area contributed by atoms with Crippen LogP contribution < -0.4 is 11.1 Å². The number of nitrogens with two attached hydrogens (primary N) is 1. The molecule has 0 aliphatic rings. The predicted molar refractivity (Wildman–Crippen MR) is 70.3 cm³/mol. The van der Waals surface area contributed by atoms with Gasteiger partial charge in [-0.15, -0.1) is 0 Å². The Bertz CT molecular complexity index is 548. The summed E-state index contributed by atoms with van der Waals surface area (Å²) in [4.78, 5) is 14.9. The molecule has 0 spiro atoms. The minimum absolute atomic E-state index is 0.186. The lowest BCUT2D eigenvalue weighted by Gasteiger charge is -2.15. The van der Waals surface area contributed by atoms with E-state index in [1.807, 2.05) is 24.4 Å². The lowest BCUT2D eigenvalue weighted by Crippen LogP contribution is -2.43. The number of aromatic nitrogens is 1. The lowest BCUT2D eigenvalue weighted by atomic mass is 10.1. The number of aliphatic hydroxyl groups excluding tert-OH is 1. The minimum atomic E-state index is -0.641. The van der Waals surface area contributed by atoms with Gasteiger partial charge in [0.1, 0.15) is 0 Å². The maximum absolute atomic E-state index is 11.9. The fourth-order valence-corrected chi connectivity index (χ4v) is 1.68. The second-order valence-corrected chi connectivity index (χ2v) is 4.39. The van der Waals surface area contributed by atoms with Crippen LogP contribution in [-0.2, 0) is 0 Å². The maximum Gasteiger partial charge on any atom is 0.251 e. The minimum Gasteiger partial charge on any atom is -0.392 e. The van der Waals surface area contributed by atoms with Gasteiger partial charge in [-0.05, 0) is 31.2 Å². The van der Waals surface area contributed by atoms with Gasteiger partial charge in [0, 0.05) is 35.2 Å². The average Bonchev–Trinajstić information content (AvgIpc) is 2.82. The molecule has 18 heavy (non-hydrogen) atoms. The lowest BCUT2D eigenvalue weighted by molar-refractivity contribution is 0.0937. The molecule has 5 heteroatoms. The van der Waals surface area contributed by atoms with Crippen molar-refractivity contribution in [2.75, 3.05) is 6.54 Å². The van der Waals surface area contributed by atoms with Gasteiger partial charge in [0.05, 0.1) is 6.10 Å². The quantitative estimate of drug-likeness (QED) is 0.638. The summed E-state index contributed by atoms with van der Waals surface area (Å²) in [6.07, 6.45) is 1.19. The Morgan fingerprint density at radius 3 is 3.00 bits per heavy atom. The van der Waals surface area contributed by atoms with E-state index in [0.29, 0.717) is 5.56 Å². The summed E-state index contributed by atoms with van der Waals surface area (Å²) in [7, 11) is 0. The fraction of sp³-hybridized carbons (Fsp3) is 0.308. The number of hydrogen-bond acceptors (Lipinski definition) is 3. The number of aromatic amines is 1. The first-order valence-electron chi connectivity index (χ1n) is 5.87. The molecule has 1 aromatic heterocycles. The number of hydrogen-bond donors (Lipinski definition) is 4. The zero-order valence-corrected chi connectivity index (χ0v) is 10.2. The number of carbonyl (C=O) groups is 1. The van der Waals surface area contributed by atoms with E-state index in [0.717, 1.165) is 10.9 Å². The molecule has 2 rings (SSSR count). The monoisotopic (exact) mass is 247 g/mol. The third kappa shape index (κ3) is 2.69. The zero-order chi connectivity index (χ0) is 13.1. The van der Waals surface area contributed by atoms with Crippen molar-refractivity contribution in [3.8, 4) is 0 Å². The van der Waals surface area contributed by atoms with Crippen LogP contribution in [0.15, 0.2) is 30.5 Å². The normalized spacial score (nSPS) is 14.4. The summed E-state index contributed by atoms with van der Waals surface area (Å²) in [5.74, 6) is -0.186. The molecule has 0 aliphatic heterocycles. The molecule has 1 amide bonds. The van der Waals surface area contributed by atoms with Crippen molar-refractivity contribution in [1.82, 2.24) is 10.3 Å². The summed E-state index contributed by atoms with van der Waals surface area (Å²) >= 11 is 0. The molecule has 0 saturated heterocycles. The van der Waals surface area contributed by atoms with E-state index < -0.39 is 12.1 Å². The first-order chi connectivity index (χ1) is 8.58. The molecule has 2 atom stereocenters. The summed E-state index contributed by atoms with van der Waals surface area (Å²) < 4.78 is 0. The van der Waals surface area contributed by atoms with Gasteiger partial charge in [-0.25, -0.2) is 0 Å². The molecular formula is C13H17N3O2. The molecule has 1 aromatic carbocycles.